The molecule has 0 aliphatic rings. The highest BCUT2D eigenvalue weighted by atomic mass is 79.9. The molecule has 21 heavy (non-hydrogen) atoms. The van der Waals surface area contributed by atoms with E-state index in [1.54, 1.807) is 25.4 Å². The summed E-state index contributed by atoms with van der Waals surface area (Å²) in [5.74, 6) is 0.204. The largest absolute Gasteiger partial charge is 0.495 e. The maximum Gasteiger partial charge on any atom is 0.256 e. The summed E-state index contributed by atoms with van der Waals surface area (Å²) in [5.41, 5.74) is 1.52. The highest BCUT2D eigenvalue weighted by Gasteiger charge is 2.13. The molecule has 1 amide bonds. The minimum Gasteiger partial charge on any atom is -0.495 e. The molecule has 1 N–H and O–H groups in total. The minimum absolute atomic E-state index is 0.234. The quantitative estimate of drug-likeness (QED) is 0.925. The number of nitrogens with zero attached hydrogens (tertiary/aromatic N) is 1. The van der Waals surface area contributed by atoms with Crippen LogP contribution in [0.3, 0.4) is 0 Å². The van der Waals surface area contributed by atoms with E-state index in [0.29, 0.717) is 17.0 Å². The van der Waals surface area contributed by atoms with Gasteiger partial charge in [0.15, 0.2) is 0 Å². The van der Waals surface area contributed by atoms with Gasteiger partial charge in [-0.2, -0.15) is 0 Å². The van der Waals surface area contributed by atoms with E-state index in [2.05, 4.69) is 21.2 Å². The molecular formula is C15H15BrN2O3. The molecule has 1 aromatic heterocycles. The highest BCUT2D eigenvalue weighted by molar-refractivity contribution is 9.10. The van der Waals surface area contributed by atoms with Gasteiger partial charge >= 0.3 is 0 Å². The van der Waals surface area contributed by atoms with Crippen LogP contribution in [0, 0.1) is 6.92 Å². The summed E-state index contributed by atoms with van der Waals surface area (Å²) in [6, 6.07) is 6.54. The van der Waals surface area contributed by atoms with Crippen LogP contribution < -0.4 is 15.6 Å². The van der Waals surface area contributed by atoms with Crippen molar-refractivity contribution in [3.63, 3.8) is 0 Å². The van der Waals surface area contributed by atoms with Crippen LogP contribution in [-0.4, -0.2) is 17.6 Å². The molecule has 0 aliphatic carbocycles. The summed E-state index contributed by atoms with van der Waals surface area (Å²) in [7, 11) is 3.17. The average molecular weight is 351 g/mol. The van der Waals surface area contributed by atoms with Gasteiger partial charge in [-0.25, -0.2) is 0 Å². The molecule has 0 saturated heterocycles. The number of aromatic nitrogens is 1. The number of carbonyl (C=O) groups excluding carboxylic acids is 1. The van der Waals surface area contributed by atoms with Gasteiger partial charge in [0.2, 0.25) is 0 Å². The van der Waals surface area contributed by atoms with E-state index in [-0.39, 0.29) is 11.5 Å². The van der Waals surface area contributed by atoms with E-state index < -0.39 is 0 Å². The minimum atomic E-state index is -0.351. The maximum absolute atomic E-state index is 12.3. The van der Waals surface area contributed by atoms with Gasteiger partial charge in [0.1, 0.15) is 5.75 Å². The fourth-order valence-corrected chi connectivity index (χ4v) is 2.46. The fraction of sp³-hybridized carbons (Fsp3) is 0.200. The van der Waals surface area contributed by atoms with Gasteiger partial charge in [-0.3, -0.25) is 9.59 Å². The van der Waals surface area contributed by atoms with Crippen molar-refractivity contribution in [3.8, 4) is 5.75 Å². The number of hydrogen-bond acceptors (Lipinski definition) is 3. The molecule has 0 bridgehead atoms. The number of halogens is 1. The molecule has 0 unspecified atom stereocenters. The lowest BCUT2D eigenvalue weighted by Crippen LogP contribution is -2.20. The first-order chi connectivity index (χ1) is 9.92. The Labute approximate surface area is 130 Å². The number of methoxy groups -OCH3 is 1. The number of benzene rings is 1. The predicted octanol–water partition coefficient (Wildman–Crippen LogP) is 2.72. The van der Waals surface area contributed by atoms with E-state index in [9.17, 15) is 9.59 Å². The topological polar surface area (TPSA) is 60.3 Å². The van der Waals surface area contributed by atoms with Crippen LogP contribution in [0.15, 0.2) is 39.7 Å². The first-order valence-corrected chi connectivity index (χ1v) is 7.04. The van der Waals surface area contributed by atoms with Crippen LogP contribution in [0.25, 0.3) is 0 Å². The molecule has 0 radical (unpaired) electrons. The molecule has 0 atom stereocenters. The molecule has 2 aromatic rings. The lowest BCUT2D eigenvalue weighted by atomic mass is 10.1. The van der Waals surface area contributed by atoms with Gasteiger partial charge in [0, 0.05) is 29.3 Å². The fourth-order valence-electron chi connectivity index (χ4n) is 1.91. The third-order valence-corrected chi connectivity index (χ3v) is 3.55. The second-order valence-electron chi connectivity index (χ2n) is 4.62. The monoisotopic (exact) mass is 350 g/mol. The Balaban J connectivity index is 2.35. The molecule has 110 valence electrons. The molecular weight excluding hydrogens is 336 g/mol. The van der Waals surface area contributed by atoms with Gasteiger partial charge in [-0.1, -0.05) is 15.9 Å². The average Bonchev–Trinajstić information content (AvgIpc) is 2.44. The smallest absolute Gasteiger partial charge is 0.256 e. The zero-order valence-corrected chi connectivity index (χ0v) is 13.5. The summed E-state index contributed by atoms with van der Waals surface area (Å²) < 4.78 is 7.55. The molecule has 2 rings (SSSR count). The van der Waals surface area contributed by atoms with Crippen molar-refractivity contribution in [2.75, 3.05) is 12.4 Å². The van der Waals surface area contributed by atoms with Crippen LogP contribution >= 0.6 is 15.9 Å². The number of hydrogen-bond donors (Lipinski definition) is 1. The number of ether oxygens (including phenoxy) is 1. The van der Waals surface area contributed by atoms with E-state index >= 15 is 0 Å². The van der Waals surface area contributed by atoms with Crippen LogP contribution in [0.5, 0.6) is 5.75 Å². The number of rotatable bonds is 3. The van der Waals surface area contributed by atoms with Crippen molar-refractivity contribution in [3.05, 3.63) is 56.4 Å². The van der Waals surface area contributed by atoms with E-state index in [1.165, 1.54) is 17.7 Å². The van der Waals surface area contributed by atoms with Gasteiger partial charge in [0.25, 0.3) is 11.5 Å². The summed E-state index contributed by atoms with van der Waals surface area (Å²) in [5, 5.41) is 2.79. The molecule has 0 aliphatic heterocycles. The van der Waals surface area contributed by atoms with Crippen LogP contribution in [0.2, 0.25) is 0 Å². The molecule has 0 spiro atoms. The Morgan fingerprint density at radius 3 is 2.67 bits per heavy atom. The first-order valence-electron chi connectivity index (χ1n) is 6.24. The summed E-state index contributed by atoms with van der Waals surface area (Å²) in [4.78, 5) is 23.8. The van der Waals surface area contributed by atoms with Crippen molar-refractivity contribution >= 4 is 27.5 Å². The normalized spacial score (nSPS) is 10.3. The summed E-state index contributed by atoms with van der Waals surface area (Å²) >= 11 is 3.38. The van der Waals surface area contributed by atoms with Gasteiger partial charge in [-0.05, 0) is 30.7 Å². The molecule has 1 aromatic carbocycles. The number of aryl methyl sites for hydroxylation is 2. The van der Waals surface area contributed by atoms with Crippen molar-refractivity contribution in [2.45, 2.75) is 6.92 Å². The Morgan fingerprint density at radius 1 is 1.33 bits per heavy atom. The Bertz CT molecular complexity index is 753. The van der Waals surface area contributed by atoms with Crippen LogP contribution in [0.1, 0.15) is 15.9 Å². The second kappa shape index (κ2) is 6.13. The highest BCUT2D eigenvalue weighted by Crippen LogP contribution is 2.32. The zero-order chi connectivity index (χ0) is 15.6. The van der Waals surface area contributed by atoms with Crippen LogP contribution in [-0.2, 0) is 7.05 Å². The van der Waals surface area contributed by atoms with Gasteiger partial charge in [0.05, 0.1) is 12.8 Å². The van der Waals surface area contributed by atoms with Crippen molar-refractivity contribution in [1.29, 1.82) is 0 Å². The van der Waals surface area contributed by atoms with Crippen LogP contribution in [0.4, 0.5) is 5.69 Å². The standard InChI is InChI=1S/C15H15BrN2O3/c1-9-6-11(16)8-12(21-3)14(9)17-15(20)10-4-5-18(2)13(19)7-10/h4-8H,1-3H3,(H,17,20). The summed E-state index contributed by atoms with van der Waals surface area (Å²) in [6.07, 6.45) is 1.56. The summed E-state index contributed by atoms with van der Waals surface area (Å²) in [6.45, 7) is 1.87. The SMILES string of the molecule is COc1cc(Br)cc(C)c1NC(=O)c1ccn(C)c(=O)c1. The maximum atomic E-state index is 12.3. The molecule has 0 fully saturated rings. The van der Waals surface area contributed by atoms with Crippen molar-refractivity contribution in [2.24, 2.45) is 7.05 Å². The van der Waals surface area contributed by atoms with E-state index in [0.717, 1.165) is 10.0 Å². The number of carbonyl (C=O) groups is 1. The van der Waals surface area contributed by atoms with E-state index in [4.69, 9.17) is 4.74 Å². The Hall–Kier alpha value is -2.08. The van der Waals surface area contributed by atoms with Crippen molar-refractivity contribution in [1.82, 2.24) is 4.57 Å². The van der Waals surface area contributed by atoms with Crippen molar-refractivity contribution < 1.29 is 9.53 Å². The Kier molecular flexibility index (Phi) is 4.47. The zero-order valence-electron chi connectivity index (χ0n) is 11.9. The lowest BCUT2D eigenvalue weighted by Gasteiger charge is -2.13. The number of pyridine rings is 1. The molecule has 6 heteroatoms. The predicted molar refractivity (Wildman–Crippen MR) is 85.1 cm³/mol. The third-order valence-electron chi connectivity index (χ3n) is 3.09. The Morgan fingerprint density at radius 2 is 2.05 bits per heavy atom. The van der Waals surface area contributed by atoms with Gasteiger partial charge in [-0.15, -0.1) is 0 Å². The number of anilines is 1. The molecule has 1 heterocycles. The third kappa shape index (κ3) is 3.33. The molecule has 5 nitrogen and oxygen atoms in total. The first kappa shape index (κ1) is 15.3. The lowest BCUT2D eigenvalue weighted by molar-refractivity contribution is 0.102. The number of nitrogens with one attached hydrogen (secondary N) is 1. The second-order valence-corrected chi connectivity index (χ2v) is 5.53. The molecule has 0 saturated carbocycles. The van der Waals surface area contributed by atoms with Gasteiger partial charge < -0.3 is 14.6 Å². The number of amides is 1. The van der Waals surface area contributed by atoms with E-state index in [1.807, 2.05) is 13.0 Å².